The van der Waals surface area contributed by atoms with Gasteiger partial charge >= 0.3 is 0 Å². The summed E-state index contributed by atoms with van der Waals surface area (Å²) >= 11 is 0. The summed E-state index contributed by atoms with van der Waals surface area (Å²) in [5.74, 6) is 0.541. The summed E-state index contributed by atoms with van der Waals surface area (Å²) in [5, 5.41) is 36.8. The first-order valence-corrected chi connectivity index (χ1v) is 9.31. The molecule has 4 atom stereocenters. The SMILES string of the molecule is C=CCCCc1[nH]ncc1-c1nc(N)c2ncn([C@@H]3O[C@H](CO)[C@@H](O)[C@H]3O)c2n1. The third-order valence-corrected chi connectivity index (χ3v) is 5.03. The van der Waals surface area contributed by atoms with Gasteiger partial charge in [0, 0.05) is 5.69 Å². The number of imidazole rings is 1. The quantitative estimate of drug-likeness (QED) is 0.268. The molecular formula is C18H23N7O4. The average Bonchev–Trinajstić information content (AvgIpc) is 3.41. The standard InChI is InChI=1S/C18H23N7O4/c1-2-3-4-5-10-9(6-21-24-10)16-22-15(19)12-17(23-16)25(8-20-12)18-14(28)13(27)11(7-26)29-18/h2,6,8,11,13-14,18,26-28H,1,3-5,7H2,(H,21,24)(H2,19,22,23)/t11-,13-,14-,18-/m1/s1. The number of ether oxygens (including phenoxy) is 1. The number of aryl methyl sites for hydroxylation is 1. The van der Waals surface area contributed by atoms with Gasteiger partial charge in [-0.1, -0.05) is 6.08 Å². The number of fused-ring (bicyclic) bond motifs is 1. The van der Waals surface area contributed by atoms with Crippen LogP contribution in [0.5, 0.6) is 0 Å². The summed E-state index contributed by atoms with van der Waals surface area (Å²) in [5.41, 5.74) is 8.39. The lowest BCUT2D eigenvalue weighted by molar-refractivity contribution is -0.0511. The highest BCUT2D eigenvalue weighted by Crippen LogP contribution is 2.33. The summed E-state index contributed by atoms with van der Waals surface area (Å²) in [6, 6.07) is 0. The predicted molar refractivity (Wildman–Crippen MR) is 103 cm³/mol. The second-order valence-electron chi connectivity index (χ2n) is 6.93. The van der Waals surface area contributed by atoms with Crippen molar-refractivity contribution in [1.82, 2.24) is 29.7 Å². The maximum absolute atomic E-state index is 10.3. The summed E-state index contributed by atoms with van der Waals surface area (Å²) in [7, 11) is 0. The van der Waals surface area contributed by atoms with Crippen molar-refractivity contribution in [2.45, 2.75) is 43.8 Å². The summed E-state index contributed by atoms with van der Waals surface area (Å²) in [6.45, 7) is 3.30. The molecule has 3 aromatic rings. The lowest BCUT2D eigenvalue weighted by Crippen LogP contribution is -2.33. The Morgan fingerprint density at radius 3 is 2.86 bits per heavy atom. The molecule has 154 valence electrons. The molecule has 1 saturated heterocycles. The smallest absolute Gasteiger partial charge is 0.168 e. The largest absolute Gasteiger partial charge is 0.394 e. The first-order valence-electron chi connectivity index (χ1n) is 9.31. The summed E-state index contributed by atoms with van der Waals surface area (Å²) in [6.07, 6.45) is 3.07. The highest BCUT2D eigenvalue weighted by molar-refractivity contribution is 5.84. The van der Waals surface area contributed by atoms with Crippen molar-refractivity contribution >= 4 is 17.0 Å². The fourth-order valence-corrected chi connectivity index (χ4v) is 3.47. The zero-order valence-electron chi connectivity index (χ0n) is 15.6. The van der Waals surface area contributed by atoms with Crippen molar-refractivity contribution in [3.05, 3.63) is 30.9 Å². The normalized spacial score (nSPS) is 24.4. The number of anilines is 1. The number of nitrogens with two attached hydrogens (primary N) is 1. The molecule has 6 N–H and O–H groups in total. The van der Waals surface area contributed by atoms with E-state index in [0.29, 0.717) is 17.0 Å². The fraction of sp³-hybridized carbons (Fsp3) is 0.444. The van der Waals surface area contributed by atoms with E-state index in [1.54, 1.807) is 6.20 Å². The first kappa shape index (κ1) is 19.5. The Bertz CT molecular complexity index is 1020. The number of rotatable bonds is 7. The van der Waals surface area contributed by atoms with Gasteiger partial charge in [0.25, 0.3) is 0 Å². The maximum atomic E-state index is 10.3. The van der Waals surface area contributed by atoms with E-state index in [-0.39, 0.29) is 5.82 Å². The van der Waals surface area contributed by atoms with E-state index < -0.39 is 31.1 Å². The Kier molecular flexibility index (Phi) is 5.28. The highest BCUT2D eigenvalue weighted by Gasteiger charge is 2.44. The Morgan fingerprint density at radius 2 is 2.14 bits per heavy atom. The lowest BCUT2D eigenvalue weighted by Gasteiger charge is -2.16. The van der Waals surface area contributed by atoms with E-state index in [0.717, 1.165) is 30.5 Å². The number of aliphatic hydroxyl groups excluding tert-OH is 3. The summed E-state index contributed by atoms with van der Waals surface area (Å²) < 4.78 is 7.08. The van der Waals surface area contributed by atoms with Crippen LogP contribution in [0.4, 0.5) is 5.82 Å². The van der Waals surface area contributed by atoms with Gasteiger partial charge in [0.2, 0.25) is 0 Å². The van der Waals surface area contributed by atoms with Crippen LogP contribution in [-0.4, -0.2) is 70.0 Å². The van der Waals surface area contributed by atoms with Crippen LogP contribution in [0.25, 0.3) is 22.6 Å². The van der Waals surface area contributed by atoms with Gasteiger partial charge in [-0.2, -0.15) is 5.10 Å². The number of unbranched alkanes of at least 4 members (excludes halogenated alkanes) is 1. The van der Waals surface area contributed by atoms with Crippen LogP contribution in [-0.2, 0) is 11.2 Å². The van der Waals surface area contributed by atoms with Crippen molar-refractivity contribution in [2.75, 3.05) is 12.3 Å². The number of nitrogens with one attached hydrogen (secondary N) is 1. The number of aliphatic hydroxyl groups is 3. The van der Waals surface area contributed by atoms with Crippen LogP contribution in [0.3, 0.4) is 0 Å². The number of allylic oxidation sites excluding steroid dienone is 1. The molecule has 0 spiro atoms. The molecule has 0 aromatic carbocycles. The van der Waals surface area contributed by atoms with Crippen LogP contribution in [0.2, 0.25) is 0 Å². The minimum absolute atomic E-state index is 0.175. The molecule has 29 heavy (non-hydrogen) atoms. The molecule has 0 unspecified atom stereocenters. The molecule has 1 aliphatic heterocycles. The number of hydrogen-bond donors (Lipinski definition) is 5. The Labute approximate surface area is 165 Å². The van der Waals surface area contributed by atoms with Crippen LogP contribution >= 0.6 is 0 Å². The molecule has 1 aliphatic rings. The topological polar surface area (TPSA) is 168 Å². The van der Waals surface area contributed by atoms with Gasteiger partial charge in [0.15, 0.2) is 23.5 Å². The molecule has 1 fully saturated rings. The van der Waals surface area contributed by atoms with Crippen LogP contribution < -0.4 is 5.73 Å². The van der Waals surface area contributed by atoms with E-state index in [4.69, 9.17) is 10.5 Å². The average molecular weight is 401 g/mol. The van der Waals surface area contributed by atoms with Gasteiger partial charge in [-0.25, -0.2) is 15.0 Å². The van der Waals surface area contributed by atoms with Crippen molar-refractivity contribution in [1.29, 1.82) is 0 Å². The maximum Gasteiger partial charge on any atom is 0.168 e. The number of nitrogen functional groups attached to an aromatic ring is 1. The van der Waals surface area contributed by atoms with Gasteiger partial charge in [0.1, 0.15) is 23.8 Å². The van der Waals surface area contributed by atoms with E-state index >= 15 is 0 Å². The van der Waals surface area contributed by atoms with Crippen LogP contribution in [0.1, 0.15) is 24.8 Å². The van der Waals surface area contributed by atoms with E-state index in [9.17, 15) is 15.3 Å². The Morgan fingerprint density at radius 1 is 1.31 bits per heavy atom. The molecule has 0 bridgehead atoms. The predicted octanol–water partition coefficient (Wildman–Crippen LogP) is -0.0812. The van der Waals surface area contributed by atoms with Crippen LogP contribution in [0.15, 0.2) is 25.2 Å². The minimum Gasteiger partial charge on any atom is -0.394 e. The zero-order valence-corrected chi connectivity index (χ0v) is 15.6. The van der Waals surface area contributed by atoms with E-state index in [1.165, 1.54) is 10.9 Å². The fourth-order valence-electron chi connectivity index (χ4n) is 3.47. The molecule has 11 nitrogen and oxygen atoms in total. The van der Waals surface area contributed by atoms with Gasteiger partial charge < -0.3 is 25.8 Å². The number of aromatic nitrogens is 6. The van der Waals surface area contributed by atoms with E-state index in [2.05, 4.69) is 31.7 Å². The monoisotopic (exact) mass is 401 g/mol. The van der Waals surface area contributed by atoms with Gasteiger partial charge in [-0.3, -0.25) is 9.67 Å². The molecule has 0 radical (unpaired) electrons. The molecule has 11 heteroatoms. The third-order valence-electron chi connectivity index (χ3n) is 5.03. The van der Waals surface area contributed by atoms with Gasteiger partial charge in [-0.15, -0.1) is 6.58 Å². The molecule has 0 saturated carbocycles. The number of H-pyrrole nitrogens is 1. The number of nitrogens with zero attached hydrogens (tertiary/aromatic N) is 5. The van der Waals surface area contributed by atoms with Crippen molar-refractivity contribution in [3.8, 4) is 11.4 Å². The molecule has 4 rings (SSSR count). The number of aromatic amines is 1. The minimum atomic E-state index is -1.26. The summed E-state index contributed by atoms with van der Waals surface area (Å²) in [4.78, 5) is 13.2. The van der Waals surface area contributed by atoms with Crippen molar-refractivity contribution < 1.29 is 20.1 Å². The highest BCUT2D eigenvalue weighted by atomic mass is 16.6. The van der Waals surface area contributed by atoms with E-state index in [1.807, 2.05) is 6.08 Å². The zero-order chi connectivity index (χ0) is 20.5. The Balaban J connectivity index is 1.73. The van der Waals surface area contributed by atoms with Gasteiger partial charge in [0.05, 0.1) is 24.7 Å². The Hall–Kier alpha value is -2.86. The lowest BCUT2D eigenvalue weighted by atomic mass is 10.1. The van der Waals surface area contributed by atoms with Crippen molar-refractivity contribution in [2.24, 2.45) is 0 Å². The molecule has 0 amide bonds. The first-order chi connectivity index (χ1) is 14.0. The number of hydrogen-bond acceptors (Lipinski definition) is 9. The van der Waals surface area contributed by atoms with Crippen LogP contribution in [0, 0.1) is 0 Å². The molecule has 4 heterocycles. The second kappa shape index (κ2) is 7.87. The molecular weight excluding hydrogens is 378 g/mol. The van der Waals surface area contributed by atoms with Gasteiger partial charge in [-0.05, 0) is 19.3 Å². The molecule has 3 aromatic heterocycles. The third kappa shape index (κ3) is 3.38. The van der Waals surface area contributed by atoms with Crippen molar-refractivity contribution in [3.63, 3.8) is 0 Å². The second-order valence-corrected chi connectivity index (χ2v) is 6.93. The molecule has 0 aliphatic carbocycles.